The summed E-state index contributed by atoms with van der Waals surface area (Å²) in [7, 11) is 2.08. The van der Waals surface area contributed by atoms with E-state index in [-0.39, 0.29) is 5.91 Å². The van der Waals surface area contributed by atoms with Crippen LogP contribution in [-0.4, -0.2) is 59.1 Å². The van der Waals surface area contributed by atoms with E-state index in [1.807, 2.05) is 43.0 Å². The van der Waals surface area contributed by atoms with E-state index in [0.717, 1.165) is 61.5 Å². The number of rotatable bonds is 6. The van der Waals surface area contributed by atoms with E-state index in [9.17, 15) is 10.1 Å². The Morgan fingerprint density at radius 2 is 1.79 bits per heavy atom. The second kappa shape index (κ2) is 9.48. The van der Waals surface area contributed by atoms with Crippen LogP contribution in [0.5, 0.6) is 0 Å². The molecular formula is C22H28N6O. The van der Waals surface area contributed by atoms with Crippen molar-refractivity contribution in [2.45, 2.75) is 33.1 Å². The van der Waals surface area contributed by atoms with Gasteiger partial charge in [-0.15, -0.1) is 5.10 Å². The fourth-order valence-corrected chi connectivity index (χ4v) is 3.57. The number of benzene rings is 1. The quantitative estimate of drug-likeness (QED) is 0.813. The van der Waals surface area contributed by atoms with E-state index in [1.54, 1.807) is 0 Å². The number of carbonyl (C=O) groups is 1. The lowest BCUT2D eigenvalue weighted by Crippen LogP contribution is -2.47. The zero-order valence-corrected chi connectivity index (χ0v) is 17.4. The molecule has 152 valence electrons. The predicted molar refractivity (Wildman–Crippen MR) is 113 cm³/mol. The number of nitrogens with one attached hydrogen (secondary N) is 1. The Morgan fingerprint density at radius 1 is 1.10 bits per heavy atom. The maximum absolute atomic E-state index is 12.5. The van der Waals surface area contributed by atoms with Crippen molar-refractivity contribution in [2.75, 3.05) is 38.5 Å². The number of likely N-dealkylation sites (N-methyl/N-ethyl adjacent to an activating group) is 1. The van der Waals surface area contributed by atoms with Crippen molar-refractivity contribution in [3.8, 4) is 6.07 Å². The molecule has 1 aromatic carbocycles. The first-order valence-electron chi connectivity index (χ1n) is 10.2. The van der Waals surface area contributed by atoms with E-state index >= 15 is 0 Å². The molecule has 1 aliphatic heterocycles. The van der Waals surface area contributed by atoms with Crippen LogP contribution < -0.4 is 5.32 Å². The number of carbonyl (C=O) groups excluding carboxylic acids is 1. The lowest BCUT2D eigenvalue weighted by atomic mass is 10.0. The van der Waals surface area contributed by atoms with Gasteiger partial charge in [0, 0.05) is 31.9 Å². The molecular weight excluding hydrogens is 364 g/mol. The fourth-order valence-electron chi connectivity index (χ4n) is 3.57. The van der Waals surface area contributed by atoms with Gasteiger partial charge in [0.05, 0.1) is 12.1 Å². The minimum atomic E-state index is 0.166. The first-order chi connectivity index (χ1) is 14.0. The summed E-state index contributed by atoms with van der Waals surface area (Å²) < 4.78 is 0. The topological polar surface area (TPSA) is 85.2 Å². The number of piperazine rings is 1. The van der Waals surface area contributed by atoms with Crippen molar-refractivity contribution in [2.24, 2.45) is 0 Å². The number of amides is 1. The minimum Gasteiger partial charge on any atom is -0.340 e. The number of aromatic nitrogens is 2. The smallest absolute Gasteiger partial charge is 0.227 e. The molecule has 0 bridgehead atoms. The van der Waals surface area contributed by atoms with E-state index in [1.165, 1.54) is 0 Å². The molecule has 0 unspecified atom stereocenters. The average molecular weight is 393 g/mol. The third-order valence-corrected chi connectivity index (χ3v) is 5.39. The molecule has 1 aromatic heterocycles. The maximum Gasteiger partial charge on any atom is 0.227 e. The van der Waals surface area contributed by atoms with Crippen molar-refractivity contribution in [3.05, 3.63) is 46.6 Å². The Bertz CT molecular complexity index is 895. The van der Waals surface area contributed by atoms with E-state index in [0.29, 0.717) is 17.8 Å². The monoisotopic (exact) mass is 392 g/mol. The van der Waals surface area contributed by atoms with Crippen molar-refractivity contribution >= 4 is 17.4 Å². The number of anilines is 2. The van der Waals surface area contributed by atoms with Crippen LogP contribution in [-0.2, 0) is 24.1 Å². The number of hydrogen-bond donors (Lipinski definition) is 1. The summed E-state index contributed by atoms with van der Waals surface area (Å²) >= 11 is 0. The molecule has 0 aliphatic carbocycles. The molecule has 29 heavy (non-hydrogen) atoms. The Morgan fingerprint density at radius 3 is 2.38 bits per heavy atom. The van der Waals surface area contributed by atoms with Gasteiger partial charge in [-0.1, -0.05) is 26.0 Å². The second-order valence-electron chi connectivity index (χ2n) is 7.35. The SMILES string of the molecule is CCc1nnc(Nc2ccc(CC(=O)N3CCN(C)CC3)cc2)c(C#N)c1CC. The Balaban J connectivity index is 1.68. The van der Waals surface area contributed by atoms with Crippen LogP contribution >= 0.6 is 0 Å². The van der Waals surface area contributed by atoms with E-state index < -0.39 is 0 Å². The largest absolute Gasteiger partial charge is 0.340 e. The van der Waals surface area contributed by atoms with Gasteiger partial charge in [0.15, 0.2) is 5.82 Å². The van der Waals surface area contributed by atoms with Crippen LogP contribution in [0.1, 0.15) is 36.2 Å². The summed E-state index contributed by atoms with van der Waals surface area (Å²) in [6, 6.07) is 9.97. The van der Waals surface area contributed by atoms with Gasteiger partial charge in [-0.05, 0) is 43.1 Å². The highest BCUT2D eigenvalue weighted by atomic mass is 16.2. The van der Waals surface area contributed by atoms with E-state index in [2.05, 4.69) is 33.5 Å². The summed E-state index contributed by atoms with van der Waals surface area (Å²) in [6.07, 6.45) is 1.89. The first kappa shape index (κ1) is 20.7. The van der Waals surface area contributed by atoms with Crippen LogP contribution in [0.25, 0.3) is 0 Å². The third kappa shape index (κ3) is 4.90. The summed E-state index contributed by atoms with van der Waals surface area (Å²) in [5.41, 5.74) is 4.16. The number of hydrogen-bond acceptors (Lipinski definition) is 6. The molecule has 0 radical (unpaired) electrons. The minimum absolute atomic E-state index is 0.166. The summed E-state index contributed by atoms with van der Waals surface area (Å²) in [6.45, 7) is 7.46. The predicted octanol–water partition coefficient (Wildman–Crippen LogP) is 2.53. The average Bonchev–Trinajstić information content (AvgIpc) is 2.75. The number of nitrogens with zero attached hydrogens (tertiary/aromatic N) is 5. The van der Waals surface area contributed by atoms with Gasteiger partial charge in [0.1, 0.15) is 11.6 Å². The van der Waals surface area contributed by atoms with E-state index in [4.69, 9.17) is 0 Å². The van der Waals surface area contributed by atoms with Crippen LogP contribution in [0.4, 0.5) is 11.5 Å². The van der Waals surface area contributed by atoms with Crippen LogP contribution in [0, 0.1) is 11.3 Å². The molecule has 3 rings (SSSR count). The van der Waals surface area contributed by atoms with Gasteiger partial charge >= 0.3 is 0 Å². The van der Waals surface area contributed by atoms with Gasteiger partial charge in [0.2, 0.25) is 5.91 Å². The fraction of sp³-hybridized carbons (Fsp3) is 0.455. The van der Waals surface area contributed by atoms with Gasteiger partial charge in [0.25, 0.3) is 0 Å². The highest BCUT2D eigenvalue weighted by Gasteiger charge is 2.19. The van der Waals surface area contributed by atoms with Gasteiger partial charge in [-0.3, -0.25) is 4.79 Å². The second-order valence-corrected chi connectivity index (χ2v) is 7.35. The highest BCUT2D eigenvalue weighted by molar-refractivity contribution is 5.79. The molecule has 7 heteroatoms. The van der Waals surface area contributed by atoms with Crippen LogP contribution in [0.2, 0.25) is 0 Å². The van der Waals surface area contributed by atoms with Crippen molar-refractivity contribution in [1.82, 2.24) is 20.0 Å². The normalized spacial score (nSPS) is 14.5. The molecule has 7 nitrogen and oxygen atoms in total. The summed E-state index contributed by atoms with van der Waals surface area (Å²) in [5, 5.41) is 21.3. The highest BCUT2D eigenvalue weighted by Crippen LogP contribution is 2.23. The van der Waals surface area contributed by atoms with Gasteiger partial charge in [-0.2, -0.15) is 10.4 Å². The van der Waals surface area contributed by atoms with Crippen molar-refractivity contribution in [1.29, 1.82) is 5.26 Å². The molecule has 1 fully saturated rings. The molecule has 1 N–H and O–H groups in total. The van der Waals surface area contributed by atoms with Crippen molar-refractivity contribution < 1.29 is 4.79 Å². The number of aryl methyl sites for hydroxylation is 1. The van der Waals surface area contributed by atoms with Gasteiger partial charge < -0.3 is 15.1 Å². The first-order valence-corrected chi connectivity index (χ1v) is 10.2. The molecule has 1 saturated heterocycles. The Kier molecular flexibility index (Phi) is 6.78. The van der Waals surface area contributed by atoms with Crippen molar-refractivity contribution in [3.63, 3.8) is 0 Å². The number of nitriles is 1. The van der Waals surface area contributed by atoms with Crippen LogP contribution in [0.15, 0.2) is 24.3 Å². The standard InChI is InChI=1S/C22H28N6O/c1-4-18-19(15-23)22(26-25-20(18)5-2)24-17-8-6-16(7-9-17)14-21(29)28-12-10-27(3)11-13-28/h6-9H,4-5,10-14H2,1-3H3,(H,24,26). The molecule has 1 aliphatic rings. The lowest BCUT2D eigenvalue weighted by Gasteiger charge is -2.32. The molecule has 0 spiro atoms. The Labute approximate surface area is 172 Å². The third-order valence-electron chi connectivity index (χ3n) is 5.39. The molecule has 1 amide bonds. The van der Waals surface area contributed by atoms with Gasteiger partial charge in [-0.25, -0.2) is 0 Å². The summed E-state index contributed by atoms with van der Waals surface area (Å²) in [4.78, 5) is 16.7. The summed E-state index contributed by atoms with van der Waals surface area (Å²) in [5.74, 6) is 0.641. The molecule has 0 saturated carbocycles. The molecule has 2 heterocycles. The lowest BCUT2D eigenvalue weighted by molar-refractivity contribution is -0.132. The molecule has 0 atom stereocenters. The zero-order chi connectivity index (χ0) is 20.8. The van der Waals surface area contributed by atoms with Crippen LogP contribution in [0.3, 0.4) is 0 Å². The maximum atomic E-state index is 12.5. The Hall–Kier alpha value is -2.98. The molecule has 2 aromatic rings. The zero-order valence-electron chi connectivity index (χ0n) is 17.4.